The van der Waals surface area contributed by atoms with Gasteiger partial charge in [-0.15, -0.1) is 0 Å². The molecular weight excluding hydrogens is 256 g/mol. The molecule has 2 rings (SSSR count). The third kappa shape index (κ3) is 3.01. The van der Waals surface area contributed by atoms with Crippen LogP contribution in [0.25, 0.3) is 0 Å². The summed E-state index contributed by atoms with van der Waals surface area (Å²) < 4.78 is 12.4. The third-order valence-corrected chi connectivity index (χ3v) is 4.39. The molecule has 0 spiro atoms. The lowest BCUT2D eigenvalue weighted by Gasteiger charge is -2.08. The van der Waals surface area contributed by atoms with Crippen LogP contribution >= 0.6 is 0 Å². The normalized spacial score (nSPS) is 11.8. The van der Waals surface area contributed by atoms with Crippen LogP contribution in [0.2, 0.25) is 0 Å². The predicted octanol–water partition coefficient (Wildman–Crippen LogP) is 2.76. The molecule has 2 aromatic rings. The van der Waals surface area contributed by atoms with E-state index in [1.807, 2.05) is 25.1 Å². The molecule has 0 saturated carbocycles. The highest BCUT2D eigenvalue weighted by molar-refractivity contribution is 7.84. The summed E-state index contributed by atoms with van der Waals surface area (Å²) in [5.74, 6) is 0.342. The van der Waals surface area contributed by atoms with Crippen molar-refractivity contribution in [3.8, 4) is 6.07 Å². The summed E-state index contributed by atoms with van der Waals surface area (Å²) in [4.78, 5) is 0.766. The lowest BCUT2D eigenvalue weighted by atomic mass is 10.1. The average molecular weight is 270 g/mol. The van der Waals surface area contributed by atoms with E-state index in [1.54, 1.807) is 24.3 Å². The van der Waals surface area contributed by atoms with Gasteiger partial charge in [0.05, 0.1) is 28.2 Å². The highest BCUT2D eigenvalue weighted by Gasteiger charge is 2.10. The van der Waals surface area contributed by atoms with Gasteiger partial charge in [-0.3, -0.25) is 4.21 Å². The van der Waals surface area contributed by atoms with Crippen LogP contribution in [0.4, 0.5) is 5.69 Å². The van der Waals surface area contributed by atoms with E-state index in [9.17, 15) is 4.21 Å². The van der Waals surface area contributed by atoms with Gasteiger partial charge >= 0.3 is 0 Å². The second kappa shape index (κ2) is 5.68. The number of hydrogen-bond acceptors (Lipinski definition) is 3. The molecule has 0 amide bonds. The van der Waals surface area contributed by atoms with Gasteiger partial charge in [-0.05, 0) is 42.3 Å². The van der Waals surface area contributed by atoms with E-state index < -0.39 is 10.8 Å². The highest BCUT2D eigenvalue weighted by atomic mass is 32.2. The van der Waals surface area contributed by atoms with Crippen molar-refractivity contribution in [3.05, 3.63) is 59.2 Å². The van der Waals surface area contributed by atoms with Crippen LogP contribution in [-0.2, 0) is 16.6 Å². The zero-order valence-electron chi connectivity index (χ0n) is 10.6. The first kappa shape index (κ1) is 13.3. The van der Waals surface area contributed by atoms with Gasteiger partial charge in [0.25, 0.3) is 0 Å². The Morgan fingerprint density at radius 3 is 2.68 bits per heavy atom. The molecule has 3 nitrogen and oxygen atoms in total. The molecule has 1 unspecified atom stereocenters. The lowest BCUT2D eigenvalue weighted by molar-refractivity contribution is 0.682. The van der Waals surface area contributed by atoms with E-state index >= 15 is 0 Å². The van der Waals surface area contributed by atoms with Gasteiger partial charge in [-0.1, -0.05) is 18.2 Å². The quantitative estimate of drug-likeness (QED) is 0.872. The molecule has 0 aliphatic rings. The molecule has 96 valence electrons. The van der Waals surface area contributed by atoms with Crippen LogP contribution in [0.1, 0.15) is 16.7 Å². The van der Waals surface area contributed by atoms with Gasteiger partial charge in [0.2, 0.25) is 0 Å². The minimum Gasteiger partial charge on any atom is -0.399 e. The number of nitriles is 1. The van der Waals surface area contributed by atoms with Gasteiger partial charge in [0.1, 0.15) is 0 Å². The number of benzene rings is 2. The van der Waals surface area contributed by atoms with Gasteiger partial charge < -0.3 is 5.73 Å². The standard InChI is InChI=1S/C15H14N2OS/c1-11-8-14(17)6-7-15(11)19(18)10-13-5-3-2-4-12(13)9-16/h2-8H,10,17H2,1H3. The molecule has 2 aromatic carbocycles. The third-order valence-electron chi connectivity index (χ3n) is 2.87. The topological polar surface area (TPSA) is 66.9 Å². The van der Waals surface area contributed by atoms with E-state index in [1.165, 1.54) is 0 Å². The monoisotopic (exact) mass is 270 g/mol. The summed E-state index contributed by atoms with van der Waals surface area (Å²) in [6, 6.07) is 14.7. The minimum atomic E-state index is -1.17. The Balaban J connectivity index is 2.29. The molecule has 0 bridgehead atoms. The summed E-state index contributed by atoms with van der Waals surface area (Å²) in [5, 5.41) is 9.03. The second-order valence-electron chi connectivity index (χ2n) is 4.28. The Labute approximate surface area is 115 Å². The fraction of sp³-hybridized carbons (Fsp3) is 0.133. The van der Waals surface area contributed by atoms with E-state index in [4.69, 9.17) is 11.0 Å². The predicted molar refractivity (Wildman–Crippen MR) is 76.9 cm³/mol. The van der Waals surface area contributed by atoms with Crippen LogP contribution in [0.5, 0.6) is 0 Å². The van der Waals surface area contributed by atoms with Crippen LogP contribution in [0.3, 0.4) is 0 Å². The molecule has 0 aliphatic heterocycles. The number of nitrogens with zero attached hydrogens (tertiary/aromatic N) is 1. The summed E-state index contributed by atoms with van der Waals surface area (Å²) in [5.41, 5.74) is 8.63. The molecule has 2 N–H and O–H groups in total. The molecule has 4 heteroatoms. The van der Waals surface area contributed by atoms with Crippen molar-refractivity contribution in [2.24, 2.45) is 0 Å². The average Bonchev–Trinajstić information content (AvgIpc) is 2.39. The smallest absolute Gasteiger partial charge is 0.0994 e. The number of rotatable bonds is 3. The van der Waals surface area contributed by atoms with E-state index in [0.29, 0.717) is 17.0 Å². The van der Waals surface area contributed by atoms with Crippen molar-refractivity contribution in [2.75, 3.05) is 5.73 Å². The van der Waals surface area contributed by atoms with E-state index in [-0.39, 0.29) is 0 Å². The number of anilines is 1. The Bertz CT molecular complexity index is 674. The molecule has 0 aliphatic carbocycles. The van der Waals surface area contributed by atoms with Crippen LogP contribution in [0, 0.1) is 18.3 Å². The van der Waals surface area contributed by atoms with Crippen molar-refractivity contribution in [3.63, 3.8) is 0 Å². The van der Waals surface area contributed by atoms with Crippen molar-refractivity contribution in [2.45, 2.75) is 17.6 Å². The SMILES string of the molecule is Cc1cc(N)ccc1S(=O)Cc1ccccc1C#N. The first-order chi connectivity index (χ1) is 9.11. The summed E-state index contributed by atoms with van der Waals surface area (Å²) in [6.45, 7) is 1.89. The van der Waals surface area contributed by atoms with E-state index in [0.717, 1.165) is 16.0 Å². The maximum absolute atomic E-state index is 12.4. The summed E-state index contributed by atoms with van der Waals surface area (Å²) in [7, 11) is -1.17. The molecule has 0 heterocycles. The summed E-state index contributed by atoms with van der Waals surface area (Å²) in [6.07, 6.45) is 0. The van der Waals surface area contributed by atoms with Gasteiger partial charge in [0, 0.05) is 10.6 Å². The zero-order valence-corrected chi connectivity index (χ0v) is 11.4. The Kier molecular flexibility index (Phi) is 3.98. The second-order valence-corrected chi connectivity index (χ2v) is 5.70. The minimum absolute atomic E-state index is 0.342. The number of aryl methyl sites for hydroxylation is 1. The molecule has 19 heavy (non-hydrogen) atoms. The van der Waals surface area contributed by atoms with Crippen molar-refractivity contribution >= 4 is 16.5 Å². The first-order valence-electron chi connectivity index (χ1n) is 5.84. The van der Waals surface area contributed by atoms with Crippen molar-refractivity contribution < 1.29 is 4.21 Å². The maximum Gasteiger partial charge on any atom is 0.0994 e. The number of nitrogens with two attached hydrogens (primary N) is 1. The van der Waals surface area contributed by atoms with Crippen LogP contribution in [-0.4, -0.2) is 4.21 Å². The van der Waals surface area contributed by atoms with Crippen LogP contribution in [0.15, 0.2) is 47.4 Å². The summed E-state index contributed by atoms with van der Waals surface area (Å²) >= 11 is 0. The number of hydrogen-bond donors (Lipinski definition) is 1. The van der Waals surface area contributed by atoms with Gasteiger partial charge in [-0.25, -0.2) is 0 Å². The zero-order chi connectivity index (χ0) is 13.8. The molecule has 0 radical (unpaired) electrons. The van der Waals surface area contributed by atoms with Crippen molar-refractivity contribution in [1.82, 2.24) is 0 Å². The largest absolute Gasteiger partial charge is 0.399 e. The molecule has 0 saturated heterocycles. The Morgan fingerprint density at radius 2 is 2.00 bits per heavy atom. The van der Waals surface area contributed by atoms with Crippen LogP contribution < -0.4 is 5.73 Å². The van der Waals surface area contributed by atoms with Crippen molar-refractivity contribution in [1.29, 1.82) is 5.26 Å². The molecule has 0 fully saturated rings. The maximum atomic E-state index is 12.4. The fourth-order valence-electron chi connectivity index (χ4n) is 1.90. The van der Waals surface area contributed by atoms with Gasteiger partial charge in [0.15, 0.2) is 0 Å². The first-order valence-corrected chi connectivity index (χ1v) is 7.16. The molecule has 1 atom stereocenters. The molecule has 0 aromatic heterocycles. The lowest BCUT2D eigenvalue weighted by Crippen LogP contribution is -2.01. The Morgan fingerprint density at radius 1 is 1.26 bits per heavy atom. The van der Waals surface area contributed by atoms with E-state index in [2.05, 4.69) is 6.07 Å². The highest BCUT2D eigenvalue weighted by Crippen LogP contribution is 2.20. The fourth-order valence-corrected chi connectivity index (χ4v) is 3.23. The Hall–Kier alpha value is -2.12. The van der Waals surface area contributed by atoms with Gasteiger partial charge in [-0.2, -0.15) is 5.26 Å². The molecular formula is C15H14N2OS. The number of nitrogen functional groups attached to an aromatic ring is 1.